The van der Waals surface area contributed by atoms with Crippen LogP contribution in [0.4, 0.5) is 0 Å². The third kappa shape index (κ3) is 3.29. The Morgan fingerprint density at radius 3 is 2.59 bits per heavy atom. The van der Waals surface area contributed by atoms with Crippen molar-refractivity contribution in [1.29, 1.82) is 0 Å². The van der Waals surface area contributed by atoms with Crippen molar-refractivity contribution in [3.63, 3.8) is 0 Å². The molecule has 0 saturated heterocycles. The predicted octanol–water partition coefficient (Wildman–Crippen LogP) is 3.89. The standard InChI is InChI=1S/C22H20O7/c1-3-4-12-9-14-17(11-16(12)26-2)29-21(22(24)25)19(20(14)23)13-5-6-15-18(10-13)28-8-7-27-15/h5-6,9-11H,3-4,7-8H2,1-2H3,(H,24,25). The van der Waals surface area contributed by atoms with Gasteiger partial charge in [0.1, 0.15) is 24.5 Å². The fourth-order valence-electron chi connectivity index (χ4n) is 3.53. The molecule has 4 rings (SSSR count). The molecule has 0 bridgehead atoms. The molecule has 2 heterocycles. The first-order chi connectivity index (χ1) is 14.0. The lowest BCUT2D eigenvalue weighted by Crippen LogP contribution is -2.16. The lowest BCUT2D eigenvalue weighted by molar-refractivity contribution is 0.0664. The third-order valence-electron chi connectivity index (χ3n) is 4.84. The van der Waals surface area contributed by atoms with Crippen molar-refractivity contribution < 1.29 is 28.5 Å². The molecule has 0 spiro atoms. The second-order valence-electron chi connectivity index (χ2n) is 6.71. The number of carboxylic acids is 1. The second-order valence-corrected chi connectivity index (χ2v) is 6.71. The van der Waals surface area contributed by atoms with Gasteiger partial charge in [0.15, 0.2) is 11.5 Å². The van der Waals surface area contributed by atoms with E-state index in [-0.39, 0.29) is 11.1 Å². The van der Waals surface area contributed by atoms with Crippen LogP contribution in [0.2, 0.25) is 0 Å². The van der Waals surface area contributed by atoms with Crippen LogP contribution in [0.1, 0.15) is 29.5 Å². The smallest absolute Gasteiger partial charge is 0.372 e. The zero-order chi connectivity index (χ0) is 20.5. The van der Waals surface area contributed by atoms with Crippen LogP contribution in [-0.2, 0) is 6.42 Å². The molecule has 0 amide bonds. The van der Waals surface area contributed by atoms with Crippen LogP contribution in [0.3, 0.4) is 0 Å². The summed E-state index contributed by atoms with van der Waals surface area (Å²) in [5.41, 5.74) is 1.00. The lowest BCUT2D eigenvalue weighted by atomic mass is 9.99. The molecule has 0 fully saturated rings. The summed E-state index contributed by atoms with van der Waals surface area (Å²) in [6, 6.07) is 8.19. The molecule has 1 aliphatic heterocycles. The fraction of sp³-hybridized carbons (Fsp3) is 0.273. The summed E-state index contributed by atoms with van der Waals surface area (Å²) in [6.07, 6.45) is 1.59. The summed E-state index contributed by atoms with van der Waals surface area (Å²) in [5.74, 6) is -0.177. The maximum atomic E-state index is 13.3. The van der Waals surface area contributed by atoms with Crippen LogP contribution in [0.15, 0.2) is 39.5 Å². The second kappa shape index (κ2) is 7.50. The number of hydrogen-bond acceptors (Lipinski definition) is 6. The van der Waals surface area contributed by atoms with Gasteiger partial charge >= 0.3 is 5.97 Å². The molecule has 1 N–H and O–H groups in total. The number of fused-ring (bicyclic) bond motifs is 2. The van der Waals surface area contributed by atoms with Crippen molar-refractivity contribution in [3.05, 3.63) is 51.9 Å². The first kappa shape index (κ1) is 18.9. The van der Waals surface area contributed by atoms with Crippen molar-refractivity contribution in [3.8, 4) is 28.4 Å². The van der Waals surface area contributed by atoms with Crippen LogP contribution in [0.25, 0.3) is 22.1 Å². The van der Waals surface area contributed by atoms with Crippen LogP contribution in [-0.4, -0.2) is 31.4 Å². The van der Waals surface area contributed by atoms with Gasteiger partial charge < -0.3 is 23.7 Å². The van der Waals surface area contributed by atoms with E-state index in [2.05, 4.69) is 0 Å². The molecule has 7 heteroatoms. The maximum Gasteiger partial charge on any atom is 0.372 e. The van der Waals surface area contributed by atoms with E-state index in [9.17, 15) is 14.7 Å². The van der Waals surface area contributed by atoms with Crippen LogP contribution in [0.5, 0.6) is 17.2 Å². The van der Waals surface area contributed by atoms with E-state index < -0.39 is 17.2 Å². The maximum absolute atomic E-state index is 13.3. The Bertz CT molecular complexity index is 1160. The van der Waals surface area contributed by atoms with Crippen molar-refractivity contribution in [2.45, 2.75) is 19.8 Å². The minimum Gasteiger partial charge on any atom is -0.496 e. The highest BCUT2D eigenvalue weighted by Crippen LogP contribution is 2.36. The average Bonchev–Trinajstić information content (AvgIpc) is 2.73. The zero-order valence-electron chi connectivity index (χ0n) is 16.1. The third-order valence-corrected chi connectivity index (χ3v) is 4.84. The van der Waals surface area contributed by atoms with Gasteiger partial charge in [-0.3, -0.25) is 4.79 Å². The van der Waals surface area contributed by atoms with Crippen molar-refractivity contribution in [2.24, 2.45) is 0 Å². The van der Waals surface area contributed by atoms with E-state index in [1.54, 1.807) is 30.3 Å². The van der Waals surface area contributed by atoms with E-state index in [0.717, 1.165) is 18.4 Å². The number of aromatic carboxylic acids is 1. The Hall–Kier alpha value is -3.48. The van der Waals surface area contributed by atoms with E-state index >= 15 is 0 Å². The highest BCUT2D eigenvalue weighted by molar-refractivity contribution is 5.97. The Labute approximate surface area is 166 Å². The molecule has 2 aromatic carbocycles. The number of aryl methyl sites for hydroxylation is 1. The molecule has 1 aromatic heterocycles. The van der Waals surface area contributed by atoms with Crippen molar-refractivity contribution in [2.75, 3.05) is 20.3 Å². The summed E-state index contributed by atoms with van der Waals surface area (Å²) >= 11 is 0. The highest BCUT2D eigenvalue weighted by atomic mass is 16.6. The van der Waals surface area contributed by atoms with Crippen molar-refractivity contribution >= 4 is 16.9 Å². The average molecular weight is 396 g/mol. The van der Waals surface area contributed by atoms with Gasteiger partial charge in [0.25, 0.3) is 0 Å². The van der Waals surface area contributed by atoms with E-state index in [1.807, 2.05) is 6.92 Å². The predicted molar refractivity (Wildman–Crippen MR) is 106 cm³/mol. The quantitative estimate of drug-likeness (QED) is 0.699. The topological polar surface area (TPSA) is 95.2 Å². The highest BCUT2D eigenvalue weighted by Gasteiger charge is 2.24. The molecule has 1 aliphatic rings. The number of hydrogen-bond donors (Lipinski definition) is 1. The van der Waals surface area contributed by atoms with Gasteiger partial charge in [0.2, 0.25) is 11.2 Å². The summed E-state index contributed by atoms with van der Waals surface area (Å²) in [7, 11) is 1.53. The van der Waals surface area contributed by atoms with Crippen LogP contribution < -0.4 is 19.6 Å². The first-order valence-electron chi connectivity index (χ1n) is 9.34. The van der Waals surface area contributed by atoms with Gasteiger partial charge in [-0.05, 0) is 35.7 Å². The fourth-order valence-corrected chi connectivity index (χ4v) is 3.53. The largest absolute Gasteiger partial charge is 0.496 e. The first-order valence-corrected chi connectivity index (χ1v) is 9.34. The normalized spacial score (nSPS) is 12.8. The molecule has 0 atom stereocenters. The molecule has 150 valence electrons. The SMILES string of the molecule is CCCc1cc2c(=O)c(-c3ccc4c(c3)OCCO4)c(C(=O)O)oc2cc1OC. The molecule has 0 saturated carbocycles. The van der Waals surface area contributed by atoms with E-state index in [4.69, 9.17) is 18.6 Å². The van der Waals surface area contributed by atoms with Crippen molar-refractivity contribution in [1.82, 2.24) is 0 Å². The Morgan fingerprint density at radius 2 is 1.90 bits per heavy atom. The summed E-state index contributed by atoms with van der Waals surface area (Å²) in [6.45, 7) is 2.85. The summed E-state index contributed by atoms with van der Waals surface area (Å²) in [4.78, 5) is 25.2. The molecule has 7 nitrogen and oxygen atoms in total. The Balaban J connectivity index is 2.00. The van der Waals surface area contributed by atoms with Gasteiger partial charge in [-0.2, -0.15) is 0 Å². The van der Waals surface area contributed by atoms with Gasteiger partial charge in [0, 0.05) is 6.07 Å². The number of rotatable bonds is 5. The Morgan fingerprint density at radius 1 is 1.14 bits per heavy atom. The number of ether oxygens (including phenoxy) is 3. The molecule has 0 radical (unpaired) electrons. The minimum absolute atomic E-state index is 0.0189. The Kier molecular flexibility index (Phi) is 4.88. The number of carboxylic acid groups (broad SMARTS) is 1. The molecule has 0 aliphatic carbocycles. The molecular formula is C22H20O7. The summed E-state index contributed by atoms with van der Waals surface area (Å²) in [5, 5.41) is 10.0. The number of methoxy groups -OCH3 is 1. The number of benzene rings is 2. The molecular weight excluding hydrogens is 376 g/mol. The lowest BCUT2D eigenvalue weighted by Gasteiger charge is -2.19. The molecule has 29 heavy (non-hydrogen) atoms. The van der Waals surface area contributed by atoms with Crippen LogP contribution >= 0.6 is 0 Å². The van der Waals surface area contributed by atoms with Crippen LogP contribution in [0, 0.1) is 0 Å². The van der Waals surface area contributed by atoms with E-state index in [1.165, 1.54) is 7.11 Å². The monoisotopic (exact) mass is 396 g/mol. The van der Waals surface area contributed by atoms with E-state index in [0.29, 0.717) is 41.4 Å². The molecule has 0 unspecified atom stereocenters. The van der Waals surface area contributed by atoms with Gasteiger partial charge in [-0.25, -0.2) is 4.79 Å². The zero-order valence-corrected chi connectivity index (χ0v) is 16.1. The van der Waals surface area contributed by atoms with Gasteiger partial charge in [0.05, 0.1) is 18.1 Å². The summed E-state index contributed by atoms with van der Waals surface area (Å²) < 4.78 is 22.1. The minimum atomic E-state index is -1.33. The van der Waals surface area contributed by atoms with Gasteiger partial charge in [-0.1, -0.05) is 19.4 Å². The number of carbonyl (C=O) groups is 1. The molecule has 3 aromatic rings. The van der Waals surface area contributed by atoms with Gasteiger partial charge in [-0.15, -0.1) is 0 Å².